The highest BCUT2D eigenvalue weighted by molar-refractivity contribution is 6.16. The second-order valence-corrected chi connectivity index (χ2v) is 5.44. The number of aliphatic hydroxyl groups is 1. The minimum absolute atomic E-state index is 0.224. The lowest BCUT2D eigenvalue weighted by molar-refractivity contribution is -0.146. The fourth-order valence-electron chi connectivity index (χ4n) is 2.42. The third-order valence-electron chi connectivity index (χ3n) is 3.81. The highest BCUT2D eigenvalue weighted by Crippen LogP contribution is 2.19. The summed E-state index contributed by atoms with van der Waals surface area (Å²) < 4.78 is 9.58. The average molecular weight is 355 g/mol. The maximum Gasteiger partial charge on any atom is 0.339 e. The first-order chi connectivity index (χ1) is 12.6. The van der Waals surface area contributed by atoms with Crippen LogP contribution in [0.25, 0.3) is 5.57 Å². The lowest BCUT2D eigenvalue weighted by Gasteiger charge is -2.22. The Balaban J connectivity index is 2.32. The van der Waals surface area contributed by atoms with Crippen LogP contribution in [0.15, 0.2) is 66.9 Å². The molecule has 2 aromatic carbocycles. The van der Waals surface area contributed by atoms with Crippen molar-refractivity contribution in [2.24, 2.45) is 0 Å². The fraction of sp³-hybridized carbons (Fsp3) is 0.200. The SMILES string of the molecule is COC(=O)/C(=C\NC(C(=O)OC)C(O)c1ccccc1)c1ccccc1. The Labute approximate surface area is 152 Å². The molecular formula is C20H21NO5. The molecule has 0 radical (unpaired) electrons. The number of nitrogens with one attached hydrogen (secondary N) is 1. The van der Waals surface area contributed by atoms with Gasteiger partial charge in [-0.25, -0.2) is 9.59 Å². The summed E-state index contributed by atoms with van der Waals surface area (Å²) in [4.78, 5) is 24.2. The van der Waals surface area contributed by atoms with Gasteiger partial charge in [-0.1, -0.05) is 60.7 Å². The average Bonchev–Trinajstić information content (AvgIpc) is 2.71. The molecule has 0 spiro atoms. The minimum atomic E-state index is -1.16. The van der Waals surface area contributed by atoms with Gasteiger partial charge in [-0.3, -0.25) is 0 Å². The van der Waals surface area contributed by atoms with E-state index in [-0.39, 0.29) is 5.57 Å². The van der Waals surface area contributed by atoms with E-state index >= 15 is 0 Å². The number of benzene rings is 2. The summed E-state index contributed by atoms with van der Waals surface area (Å²) in [7, 11) is 2.51. The zero-order valence-corrected chi connectivity index (χ0v) is 14.6. The van der Waals surface area contributed by atoms with Crippen molar-refractivity contribution in [1.29, 1.82) is 0 Å². The molecule has 6 nitrogen and oxygen atoms in total. The third-order valence-corrected chi connectivity index (χ3v) is 3.81. The number of methoxy groups -OCH3 is 2. The molecule has 0 bridgehead atoms. The molecule has 2 N–H and O–H groups in total. The topological polar surface area (TPSA) is 84.9 Å². The van der Waals surface area contributed by atoms with Crippen molar-refractivity contribution in [3.63, 3.8) is 0 Å². The number of hydrogen-bond acceptors (Lipinski definition) is 6. The van der Waals surface area contributed by atoms with E-state index in [4.69, 9.17) is 9.47 Å². The molecule has 2 aromatic rings. The molecule has 2 unspecified atom stereocenters. The molecule has 0 aliphatic rings. The van der Waals surface area contributed by atoms with E-state index < -0.39 is 24.1 Å². The van der Waals surface area contributed by atoms with Crippen LogP contribution in [0.5, 0.6) is 0 Å². The largest absolute Gasteiger partial charge is 0.467 e. The number of aliphatic hydroxyl groups excluding tert-OH is 1. The fourth-order valence-corrected chi connectivity index (χ4v) is 2.42. The van der Waals surface area contributed by atoms with Crippen LogP contribution in [0.1, 0.15) is 17.2 Å². The lowest BCUT2D eigenvalue weighted by Crippen LogP contribution is -2.40. The highest BCUT2D eigenvalue weighted by atomic mass is 16.5. The van der Waals surface area contributed by atoms with Crippen molar-refractivity contribution < 1.29 is 24.2 Å². The molecule has 0 saturated carbocycles. The van der Waals surface area contributed by atoms with E-state index in [0.29, 0.717) is 11.1 Å². The second kappa shape index (κ2) is 9.39. The zero-order valence-electron chi connectivity index (χ0n) is 14.6. The normalized spacial score (nSPS) is 13.4. The molecule has 0 saturated heterocycles. The van der Waals surface area contributed by atoms with Gasteiger partial charge in [0.05, 0.1) is 19.8 Å². The number of hydrogen-bond donors (Lipinski definition) is 2. The van der Waals surface area contributed by atoms with Gasteiger partial charge in [0.2, 0.25) is 0 Å². The molecule has 6 heteroatoms. The first-order valence-electron chi connectivity index (χ1n) is 7.99. The molecule has 0 aromatic heterocycles. The van der Waals surface area contributed by atoms with E-state index in [2.05, 4.69) is 5.32 Å². The number of ether oxygens (including phenoxy) is 2. The molecule has 0 aliphatic heterocycles. The second-order valence-electron chi connectivity index (χ2n) is 5.44. The minimum Gasteiger partial charge on any atom is -0.467 e. The van der Waals surface area contributed by atoms with Gasteiger partial charge >= 0.3 is 11.9 Å². The van der Waals surface area contributed by atoms with Gasteiger partial charge in [0, 0.05) is 6.20 Å². The molecule has 0 aliphatic carbocycles. The van der Waals surface area contributed by atoms with Gasteiger partial charge < -0.3 is 19.9 Å². The maximum atomic E-state index is 12.1. The summed E-state index contributed by atoms with van der Waals surface area (Å²) >= 11 is 0. The van der Waals surface area contributed by atoms with Crippen LogP contribution >= 0.6 is 0 Å². The smallest absolute Gasteiger partial charge is 0.339 e. The Bertz CT molecular complexity index is 758. The van der Waals surface area contributed by atoms with E-state index in [1.54, 1.807) is 48.5 Å². The summed E-state index contributed by atoms with van der Waals surface area (Å²) in [5, 5.41) is 13.3. The van der Waals surface area contributed by atoms with Crippen LogP contribution in [0.4, 0.5) is 0 Å². The van der Waals surface area contributed by atoms with Gasteiger partial charge in [-0.15, -0.1) is 0 Å². The van der Waals surface area contributed by atoms with Crippen molar-refractivity contribution in [1.82, 2.24) is 5.32 Å². The van der Waals surface area contributed by atoms with Crippen molar-refractivity contribution in [2.75, 3.05) is 14.2 Å². The van der Waals surface area contributed by atoms with E-state index in [1.165, 1.54) is 20.4 Å². The van der Waals surface area contributed by atoms with Crippen LogP contribution in [0.2, 0.25) is 0 Å². The highest BCUT2D eigenvalue weighted by Gasteiger charge is 2.28. The Morgan fingerprint density at radius 2 is 1.54 bits per heavy atom. The summed E-state index contributed by atoms with van der Waals surface area (Å²) in [6.07, 6.45) is 0.198. The number of rotatable bonds is 7. The van der Waals surface area contributed by atoms with E-state index in [9.17, 15) is 14.7 Å². The molecule has 0 fully saturated rings. The van der Waals surface area contributed by atoms with Crippen LogP contribution in [0, 0.1) is 0 Å². The molecule has 0 amide bonds. The van der Waals surface area contributed by atoms with Gasteiger partial charge in [-0.2, -0.15) is 0 Å². The number of esters is 2. The summed E-state index contributed by atoms with van der Waals surface area (Å²) in [5.41, 5.74) is 1.38. The van der Waals surface area contributed by atoms with E-state index in [1.807, 2.05) is 12.1 Å². The van der Waals surface area contributed by atoms with Crippen molar-refractivity contribution in [2.45, 2.75) is 12.1 Å². The van der Waals surface area contributed by atoms with Crippen LogP contribution in [-0.2, 0) is 19.1 Å². The van der Waals surface area contributed by atoms with Crippen LogP contribution < -0.4 is 5.32 Å². The van der Waals surface area contributed by atoms with Crippen molar-refractivity contribution in [3.8, 4) is 0 Å². The first kappa shape index (κ1) is 19.2. The lowest BCUT2D eigenvalue weighted by atomic mass is 10.0. The van der Waals surface area contributed by atoms with Gasteiger partial charge in [0.1, 0.15) is 6.10 Å². The van der Waals surface area contributed by atoms with Crippen molar-refractivity contribution >= 4 is 17.5 Å². The predicted molar refractivity (Wildman–Crippen MR) is 96.8 cm³/mol. The van der Waals surface area contributed by atoms with Gasteiger partial charge in [0.15, 0.2) is 6.04 Å². The Hall–Kier alpha value is -3.12. The molecule has 26 heavy (non-hydrogen) atoms. The molecular weight excluding hydrogens is 334 g/mol. The predicted octanol–water partition coefficient (Wildman–Crippen LogP) is 2.07. The van der Waals surface area contributed by atoms with Crippen LogP contribution in [0.3, 0.4) is 0 Å². The maximum absolute atomic E-state index is 12.1. The van der Waals surface area contributed by atoms with Crippen molar-refractivity contribution in [3.05, 3.63) is 78.0 Å². The summed E-state index contributed by atoms with van der Waals surface area (Å²) in [6, 6.07) is 16.5. The van der Waals surface area contributed by atoms with E-state index in [0.717, 1.165) is 0 Å². The first-order valence-corrected chi connectivity index (χ1v) is 7.99. The number of carbonyl (C=O) groups excluding carboxylic acids is 2. The monoisotopic (exact) mass is 355 g/mol. The molecule has 2 rings (SSSR count). The zero-order chi connectivity index (χ0) is 18.9. The third kappa shape index (κ3) is 4.70. The quantitative estimate of drug-likeness (QED) is 0.584. The molecule has 0 heterocycles. The van der Waals surface area contributed by atoms with Crippen LogP contribution in [-0.4, -0.2) is 37.3 Å². The van der Waals surface area contributed by atoms with Gasteiger partial charge in [-0.05, 0) is 11.1 Å². The Morgan fingerprint density at radius 3 is 2.08 bits per heavy atom. The Morgan fingerprint density at radius 1 is 0.962 bits per heavy atom. The summed E-state index contributed by atoms with van der Waals surface area (Å²) in [5.74, 6) is -1.23. The molecule has 2 atom stereocenters. The number of carbonyl (C=O) groups is 2. The van der Waals surface area contributed by atoms with Gasteiger partial charge in [0.25, 0.3) is 0 Å². The Kier molecular flexibility index (Phi) is 6.93. The molecule has 136 valence electrons. The summed E-state index contributed by atoms with van der Waals surface area (Å²) in [6.45, 7) is 0. The standard InChI is InChI=1S/C20H21NO5/c1-25-19(23)16(14-9-5-3-6-10-14)13-21-17(20(24)26-2)18(22)15-11-7-4-8-12-15/h3-13,17-18,21-22H,1-2H3/b16-13-.